The largest absolute Gasteiger partial charge is 0.491 e. The third-order valence-electron chi connectivity index (χ3n) is 4.76. The molecule has 0 heterocycles. The first-order valence-electron chi connectivity index (χ1n) is 8.44. The van der Waals surface area contributed by atoms with Crippen molar-refractivity contribution in [3.8, 4) is 5.75 Å². The van der Waals surface area contributed by atoms with Crippen LogP contribution in [0.2, 0.25) is 0 Å². The molecule has 1 aliphatic carbocycles. The molecule has 0 spiro atoms. The van der Waals surface area contributed by atoms with Gasteiger partial charge in [0, 0.05) is 6.04 Å². The van der Waals surface area contributed by atoms with Crippen molar-refractivity contribution in [1.29, 1.82) is 0 Å². The molecule has 2 atom stereocenters. The number of ether oxygens (including phenoxy) is 1. The van der Waals surface area contributed by atoms with Gasteiger partial charge in [-0.3, -0.25) is 0 Å². The highest BCUT2D eigenvalue weighted by Gasteiger charge is 2.39. The smallest absolute Gasteiger partial charge is 0.120 e. The number of hydrogen-bond acceptors (Lipinski definition) is 2. The average Bonchev–Trinajstić information content (AvgIpc) is 2.75. The Bertz CT molecular complexity index is 453. The van der Waals surface area contributed by atoms with Crippen LogP contribution in [0.3, 0.4) is 0 Å². The SMILES string of the molecule is CCNC(c1cccc(OC(C)C)c1)C1CCCC1(C)C. The van der Waals surface area contributed by atoms with Crippen LogP contribution in [0.25, 0.3) is 0 Å². The lowest BCUT2D eigenvalue weighted by atomic mass is 9.75. The summed E-state index contributed by atoms with van der Waals surface area (Å²) in [6, 6.07) is 9.09. The highest BCUT2D eigenvalue weighted by Crippen LogP contribution is 2.48. The lowest BCUT2D eigenvalue weighted by Crippen LogP contribution is -2.33. The molecule has 1 fully saturated rings. The first kappa shape index (κ1) is 16.4. The summed E-state index contributed by atoms with van der Waals surface area (Å²) in [6.45, 7) is 12.2. The summed E-state index contributed by atoms with van der Waals surface area (Å²) in [5.41, 5.74) is 1.79. The molecule has 1 aliphatic rings. The van der Waals surface area contributed by atoms with Crippen LogP contribution in [0.5, 0.6) is 5.75 Å². The van der Waals surface area contributed by atoms with E-state index in [1.165, 1.54) is 24.8 Å². The van der Waals surface area contributed by atoms with Gasteiger partial charge in [-0.25, -0.2) is 0 Å². The van der Waals surface area contributed by atoms with Gasteiger partial charge in [0.15, 0.2) is 0 Å². The summed E-state index contributed by atoms with van der Waals surface area (Å²) in [5, 5.41) is 3.72. The fraction of sp³-hybridized carbons (Fsp3) is 0.684. The maximum atomic E-state index is 5.87. The topological polar surface area (TPSA) is 21.3 Å². The van der Waals surface area contributed by atoms with Crippen LogP contribution < -0.4 is 10.1 Å². The average molecular weight is 289 g/mol. The Morgan fingerprint density at radius 3 is 2.67 bits per heavy atom. The van der Waals surface area contributed by atoms with Crippen molar-refractivity contribution in [3.05, 3.63) is 29.8 Å². The van der Waals surface area contributed by atoms with Gasteiger partial charge in [-0.15, -0.1) is 0 Å². The van der Waals surface area contributed by atoms with E-state index in [1.54, 1.807) is 0 Å². The standard InChI is InChI=1S/C19H31NO/c1-6-20-18(17-11-8-12-19(17,4)5)15-9-7-10-16(13-15)21-14(2)3/h7,9-10,13-14,17-18,20H,6,8,11-12H2,1-5H3. The van der Waals surface area contributed by atoms with Gasteiger partial charge in [0.25, 0.3) is 0 Å². The minimum atomic E-state index is 0.223. The summed E-state index contributed by atoms with van der Waals surface area (Å²) in [5.74, 6) is 1.69. The molecule has 1 N–H and O–H groups in total. The maximum Gasteiger partial charge on any atom is 0.120 e. The summed E-state index contributed by atoms with van der Waals surface area (Å²) in [4.78, 5) is 0. The zero-order valence-electron chi connectivity index (χ0n) is 14.3. The van der Waals surface area contributed by atoms with E-state index in [0.717, 1.165) is 12.3 Å². The zero-order chi connectivity index (χ0) is 15.5. The molecular weight excluding hydrogens is 258 g/mol. The quantitative estimate of drug-likeness (QED) is 0.800. The molecule has 1 aromatic carbocycles. The maximum absolute atomic E-state index is 5.87. The Hall–Kier alpha value is -1.02. The molecular formula is C19H31NO. The Labute approximate surface area is 130 Å². The van der Waals surface area contributed by atoms with E-state index in [2.05, 4.69) is 64.2 Å². The summed E-state index contributed by atoms with van der Waals surface area (Å²) < 4.78 is 5.87. The minimum absolute atomic E-state index is 0.223. The third kappa shape index (κ3) is 4.00. The molecule has 2 rings (SSSR count). The molecule has 2 unspecified atom stereocenters. The van der Waals surface area contributed by atoms with E-state index in [9.17, 15) is 0 Å². The van der Waals surface area contributed by atoms with Crippen LogP contribution in [0, 0.1) is 11.3 Å². The second kappa shape index (κ2) is 6.83. The van der Waals surface area contributed by atoms with Crippen molar-refractivity contribution in [1.82, 2.24) is 5.32 Å². The Kier molecular flexibility index (Phi) is 5.32. The first-order valence-corrected chi connectivity index (χ1v) is 8.44. The fourth-order valence-corrected chi connectivity index (χ4v) is 3.74. The van der Waals surface area contributed by atoms with Crippen molar-refractivity contribution >= 4 is 0 Å². The van der Waals surface area contributed by atoms with Crippen molar-refractivity contribution < 1.29 is 4.74 Å². The van der Waals surface area contributed by atoms with E-state index < -0.39 is 0 Å². The van der Waals surface area contributed by atoms with Gasteiger partial charge in [0.2, 0.25) is 0 Å². The van der Waals surface area contributed by atoms with Crippen LogP contribution in [-0.4, -0.2) is 12.6 Å². The van der Waals surface area contributed by atoms with Gasteiger partial charge >= 0.3 is 0 Å². The highest BCUT2D eigenvalue weighted by molar-refractivity contribution is 5.31. The molecule has 1 aromatic rings. The molecule has 21 heavy (non-hydrogen) atoms. The minimum Gasteiger partial charge on any atom is -0.491 e. The van der Waals surface area contributed by atoms with Gasteiger partial charge < -0.3 is 10.1 Å². The van der Waals surface area contributed by atoms with Crippen molar-refractivity contribution in [2.45, 2.75) is 66.0 Å². The predicted molar refractivity (Wildman–Crippen MR) is 89.7 cm³/mol. The summed E-state index contributed by atoms with van der Waals surface area (Å²) in [7, 11) is 0. The van der Waals surface area contributed by atoms with E-state index in [1.807, 2.05) is 0 Å². The fourth-order valence-electron chi connectivity index (χ4n) is 3.74. The Balaban J connectivity index is 2.25. The lowest BCUT2D eigenvalue weighted by molar-refractivity contribution is 0.198. The second-order valence-corrected chi connectivity index (χ2v) is 7.26. The highest BCUT2D eigenvalue weighted by atomic mass is 16.5. The number of rotatable bonds is 6. The third-order valence-corrected chi connectivity index (χ3v) is 4.76. The number of hydrogen-bond donors (Lipinski definition) is 1. The van der Waals surface area contributed by atoms with Crippen LogP contribution in [0.1, 0.15) is 65.5 Å². The van der Waals surface area contributed by atoms with Gasteiger partial charge in [-0.2, -0.15) is 0 Å². The molecule has 0 bridgehead atoms. The Morgan fingerprint density at radius 2 is 2.10 bits per heavy atom. The van der Waals surface area contributed by atoms with Gasteiger partial charge in [-0.1, -0.05) is 39.3 Å². The molecule has 2 nitrogen and oxygen atoms in total. The molecule has 0 amide bonds. The van der Waals surface area contributed by atoms with Gasteiger partial charge in [0.05, 0.1) is 6.10 Å². The van der Waals surface area contributed by atoms with Crippen molar-refractivity contribution in [2.75, 3.05) is 6.54 Å². The van der Waals surface area contributed by atoms with E-state index in [0.29, 0.717) is 17.4 Å². The van der Waals surface area contributed by atoms with Crippen molar-refractivity contribution in [3.63, 3.8) is 0 Å². The number of benzene rings is 1. The first-order chi connectivity index (χ1) is 9.94. The van der Waals surface area contributed by atoms with Crippen LogP contribution >= 0.6 is 0 Å². The number of nitrogens with one attached hydrogen (secondary N) is 1. The van der Waals surface area contributed by atoms with Gasteiger partial charge in [0.1, 0.15) is 5.75 Å². The zero-order valence-corrected chi connectivity index (χ0v) is 14.3. The monoisotopic (exact) mass is 289 g/mol. The predicted octanol–water partition coefficient (Wildman–Crippen LogP) is 4.95. The summed E-state index contributed by atoms with van der Waals surface area (Å²) >= 11 is 0. The van der Waals surface area contributed by atoms with Gasteiger partial charge in [-0.05, 0) is 62.3 Å². The van der Waals surface area contributed by atoms with Crippen LogP contribution in [0.4, 0.5) is 0 Å². The lowest BCUT2D eigenvalue weighted by Gasteiger charge is -2.35. The van der Waals surface area contributed by atoms with Crippen molar-refractivity contribution in [2.24, 2.45) is 11.3 Å². The summed E-state index contributed by atoms with van der Waals surface area (Å²) in [6.07, 6.45) is 4.23. The van der Waals surface area contributed by atoms with E-state index in [-0.39, 0.29) is 6.10 Å². The van der Waals surface area contributed by atoms with Crippen LogP contribution in [0.15, 0.2) is 24.3 Å². The molecule has 0 aromatic heterocycles. The molecule has 0 radical (unpaired) electrons. The molecule has 118 valence electrons. The van der Waals surface area contributed by atoms with E-state index in [4.69, 9.17) is 4.74 Å². The Morgan fingerprint density at radius 1 is 1.33 bits per heavy atom. The normalized spacial score (nSPS) is 22.5. The molecule has 0 aliphatic heterocycles. The molecule has 1 saturated carbocycles. The molecule has 0 saturated heterocycles. The van der Waals surface area contributed by atoms with E-state index >= 15 is 0 Å². The second-order valence-electron chi connectivity index (χ2n) is 7.26. The van der Waals surface area contributed by atoms with Crippen LogP contribution in [-0.2, 0) is 0 Å². The molecule has 2 heteroatoms.